The summed E-state index contributed by atoms with van der Waals surface area (Å²) in [7, 11) is -2.12. The Hall–Kier alpha value is -4.01. The summed E-state index contributed by atoms with van der Waals surface area (Å²) in [6.07, 6.45) is 2.07. The summed E-state index contributed by atoms with van der Waals surface area (Å²) < 4.78 is 14.6. The van der Waals surface area contributed by atoms with Crippen LogP contribution >= 0.6 is 0 Å². The van der Waals surface area contributed by atoms with Gasteiger partial charge < -0.3 is 13.7 Å². The molecule has 1 aliphatic rings. The van der Waals surface area contributed by atoms with Crippen LogP contribution in [0.4, 0.5) is 4.79 Å². The maximum absolute atomic E-state index is 14.7. The van der Waals surface area contributed by atoms with Crippen molar-refractivity contribution in [2.45, 2.75) is 89.6 Å². The van der Waals surface area contributed by atoms with Gasteiger partial charge >= 0.3 is 6.09 Å². The van der Waals surface area contributed by atoms with Crippen LogP contribution < -0.4 is 0 Å². The quantitative estimate of drug-likeness (QED) is 0.141. The number of hydrogen-bond donors (Lipinski definition) is 0. The van der Waals surface area contributed by atoms with E-state index in [1.807, 2.05) is 81.7 Å². The van der Waals surface area contributed by atoms with E-state index in [0.29, 0.717) is 19.4 Å². The number of imidazole rings is 1. The zero-order valence-electron chi connectivity index (χ0n) is 29.1. The minimum Gasteiger partial charge on any atom is -0.443 e. The van der Waals surface area contributed by atoms with E-state index in [1.54, 1.807) is 0 Å². The molecular formula is C39H49N3O4Si. The Morgan fingerprint density at radius 1 is 0.830 bits per heavy atom. The second-order valence-corrected chi connectivity index (χ2v) is 19.7. The van der Waals surface area contributed by atoms with Crippen molar-refractivity contribution >= 4 is 20.3 Å². The Balaban J connectivity index is 1.74. The van der Waals surface area contributed by atoms with Crippen LogP contribution in [0.15, 0.2) is 97.3 Å². The van der Waals surface area contributed by atoms with Crippen molar-refractivity contribution < 1.29 is 18.8 Å². The van der Waals surface area contributed by atoms with Crippen LogP contribution in [0.5, 0.6) is 0 Å². The largest absolute Gasteiger partial charge is 0.443 e. The van der Waals surface area contributed by atoms with Gasteiger partial charge in [0.15, 0.2) is 8.32 Å². The topological polar surface area (TPSA) is 73.7 Å². The van der Waals surface area contributed by atoms with Crippen LogP contribution in [0.3, 0.4) is 0 Å². The first-order valence-electron chi connectivity index (χ1n) is 16.6. The fourth-order valence-electron chi connectivity index (χ4n) is 6.22. The highest BCUT2D eigenvalue weighted by Gasteiger charge is 2.46. The summed E-state index contributed by atoms with van der Waals surface area (Å²) in [5.41, 5.74) is 3.11. The summed E-state index contributed by atoms with van der Waals surface area (Å²) in [6, 6.07) is 31.1. The number of hydrogen-bond acceptors (Lipinski definition) is 5. The van der Waals surface area contributed by atoms with Gasteiger partial charge in [0.05, 0.1) is 23.6 Å². The molecule has 7 nitrogen and oxygen atoms in total. The molecule has 2 amide bonds. The van der Waals surface area contributed by atoms with Gasteiger partial charge in [-0.3, -0.25) is 4.79 Å². The number of rotatable bonds is 8. The van der Waals surface area contributed by atoms with E-state index in [-0.39, 0.29) is 17.5 Å². The molecule has 8 heteroatoms. The zero-order valence-corrected chi connectivity index (χ0v) is 30.1. The van der Waals surface area contributed by atoms with Crippen molar-refractivity contribution in [3.05, 3.63) is 125 Å². The van der Waals surface area contributed by atoms with Crippen LogP contribution in [0.25, 0.3) is 0 Å². The Kier molecular flexibility index (Phi) is 9.67. The summed E-state index contributed by atoms with van der Waals surface area (Å²) in [4.78, 5) is 34.5. The van der Waals surface area contributed by atoms with Gasteiger partial charge in [-0.1, -0.05) is 112 Å². The number of carbonyl (C=O) groups excluding carboxylic acids is 2. The lowest BCUT2D eigenvalue weighted by atomic mass is 9.76. The van der Waals surface area contributed by atoms with E-state index in [0.717, 1.165) is 28.1 Å². The predicted molar refractivity (Wildman–Crippen MR) is 189 cm³/mol. The van der Waals surface area contributed by atoms with E-state index in [4.69, 9.17) is 14.1 Å². The molecule has 0 radical (unpaired) electrons. The summed E-state index contributed by atoms with van der Waals surface area (Å²) in [5, 5.41) is 0.0129. The minimum atomic E-state index is -2.12. The van der Waals surface area contributed by atoms with Crippen LogP contribution in [-0.2, 0) is 25.9 Å². The number of benzene rings is 3. The van der Waals surface area contributed by atoms with Gasteiger partial charge in [0.25, 0.3) is 0 Å². The lowest BCUT2D eigenvalue weighted by Crippen LogP contribution is -2.45. The molecule has 5 rings (SSSR count). The number of nitrogens with zero attached hydrogens (tertiary/aromatic N) is 3. The van der Waals surface area contributed by atoms with Gasteiger partial charge in [0.1, 0.15) is 11.1 Å². The first-order valence-corrected chi connectivity index (χ1v) is 19.5. The highest BCUT2D eigenvalue weighted by atomic mass is 28.4. The summed E-state index contributed by atoms with van der Waals surface area (Å²) in [6.45, 7) is 17.1. The molecule has 1 atom stereocenters. The molecule has 0 saturated carbocycles. The van der Waals surface area contributed by atoms with Crippen LogP contribution in [0.2, 0.25) is 18.1 Å². The fourth-order valence-corrected chi connectivity index (χ4v) is 7.28. The maximum atomic E-state index is 14.7. The van der Waals surface area contributed by atoms with Gasteiger partial charge in [-0.2, -0.15) is 0 Å². The van der Waals surface area contributed by atoms with Crippen LogP contribution in [0, 0.1) is 0 Å². The van der Waals surface area contributed by atoms with E-state index < -0.39 is 31.5 Å². The number of fused-ring (bicyclic) bond motifs is 1. The maximum Gasteiger partial charge on any atom is 0.417 e. The molecule has 0 bridgehead atoms. The molecule has 1 unspecified atom stereocenters. The standard InChI is InChI=1S/C39H49N3O4Si/c1-37(2,3)46-36(44)41-26-24-33-34(32(35(41)43)25-27-45-47(7,8)38(4,5)6)42(28-40-33)39(29-18-12-9-13-19-29,30-20-14-10-15-21-30)31-22-16-11-17-23-31/h9-23,28,32H,24-27H2,1-8H3. The molecule has 248 valence electrons. The van der Waals surface area contributed by atoms with Gasteiger partial charge in [-0.05, 0) is 62.0 Å². The number of amides is 2. The molecule has 0 fully saturated rings. The molecule has 3 aromatic carbocycles. The van der Waals surface area contributed by atoms with Crippen LogP contribution in [-0.4, -0.2) is 53.5 Å². The van der Waals surface area contributed by atoms with Crippen molar-refractivity contribution in [2.24, 2.45) is 0 Å². The van der Waals surface area contributed by atoms with E-state index in [1.165, 1.54) is 4.90 Å². The number of imide groups is 1. The second-order valence-electron chi connectivity index (χ2n) is 14.9. The lowest BCUT2D eigenvalue weighted by Gasteiger charge is -2.40. The SMILES string of the molecule is CC(C)(C)OC(=O)N1CCc2ncn(C(c3ccccc3)(c3ccccc3)c3ccccc3)c2C(CCO[Si](C)(C)C(C)(C)C)C1=O. The van der Waals surface area contributed by atoms with Crippen molar-refractivity contribution in [3.8, 4) is 0 Å². The van der Waals surface area contributed by atoms with Crippen molar-refractivity contribution in [1.82, 2.24) is 14.5 Å². The zero-order chi connectivity index (χ0) is 34.0. The Bertz CT molecular complexity index is 1580. The predicted octanol–water partition coefficient (Wildman–Crippen LogP) is 8.54. The number of ether oxygens (including phenoxy) is 1. The van der Waals surface area contributed by atoms with Crippen LogP contribution in [0.1, 0.15) is 82.0 Å². The second kappa shape index (κ2) is 13.2. The smallest absolute Gasteiger partial charge is 0.417 e. The monoisotopic (exact) mass is 651 g/mol. The van der Waals surface area contributed by atoms with Crippen molar-refractivity contribution in [1.29, 1.82) is 0 Å². The molecule has 0 saturated heterocycles. The van der Waals surface area contributed by atoms with Gasteiger partial charge in [0.2, 0.25) is 5.91 Å². The molecule has 4 aromatic rings. The van der Waals surface area contributed by atoms with Gasteiger partial charge in [0, 0.05) is 19.6 Å². The molecule has 0 spiro atoms. The third kappa shape index (κ3) is 6.85. The summed E-state index contributed by atoms with van der Waals surface area (Å²) in [5.74, 6) is -0.982. The average molecular weight is 652 g/mol. The first kappa shape index (κ1) is 34.3. The number of carbonyl (C=O) groups is 2. The molecule has 1 aliphatic heterocycles. The van der Waals surface area contributed by atoms with Crippen molar-refractivity contribution in [3.63, 3.8) is 0 Å². The molecule has 0 N–H and O–H groups in total. The average Bonchev–Trinajstić information content (AvgIpc) is 3.37. The fraction of sp³-hybridized carbons (Fsp3) is 0.410. The molecule has 47 heavy (non-hydrogen) atoms. The Labute approximate surface area is 281 Å². The first-order chi connectivity index (χ1) is 22.2. The highest BCUT2D eigenvalue weighted by Crippen LogP contribution is 2.45. The Morgan fingerprint density at radius 3 is 1.77 bits per heavy atom. The Morgan fingerprint density at radius 2 is 1.32 bits per heavy atom. The lowest BCUT2D eigenvalue weighted by molar-refractivity contribution is -0.132. The minimum absolute atomic E-state index is 0.0129. The van der Waals surface area contributed by atoms with E-state index >= 15 is 0 Å². The van der Waals surface area contributed by atoms with E-state index in [9.17, 15) is 9.59 Å². The molecule has 1 aromatic heterocycles. The molecule has 0 aliphatic carbocycles. The molecule has 2 heterocycles. The highest BCUT2D eigenvalue weighted by molar-refractivity contribution is 6.74. The van der Waals surface area contributed by atoms with Gasteiger partial charge in [-0.15, -0.1) is 0 Å². The molecular weight excluding hydrogens is 603 g/mol. The van der Waals surface area contributed by atoms with Gasteiger partial charge in [-0.25, -0.2) is 14.7 Å². The number of aromatic nitrogens is 2. The normalized spacial score (nSPS) is 16.0. The third-order valence-electron chi connectivity index (χ3n) is 9.58. The summed E-state index contributed by atoms with van der Waals surface area (Å²) >= 11 is 0. The van der Waals surface area contributed by atoms with Crippen molar-refractivity contribution in [2.75, 3.05) is 13.2 Å². The van der Waals surface area contributed by atoms with E-state index in [2.05, 4.69) is 74.8 Å². The third-order valence-corrected chi connectivity index (χ3v) is 14.1.